The summed E-state index contributed by atoms with van der Waals surface area (Å²) in [6, 6.07) is 1.29. The number of hydrogen-bond donors (Lipinski definition) is 0. The molecular weight excluding hydrogens is 240 g/mol. The number of pyridine rings is 1. The molecule has 0 aromatic carbocycles. The molecule has 0 N–H and O–H groups in total. The number of nitrogens with zero attached hydrogens (tertiary/aromatic N) is 1. The summed E-state index contributed by atoms with van der Waals surface area (Å²) in [5, 5.41) is 0. The van der Waals surface area contributed by atoms with Gasteiger partial charge in [0.05, 0.1) is 18.4 Å². The third-order valence-electron chi connectivity index (χ3n) is 2.08. The molecule has 0 aliphatic carbocycles. The Hall–Kier alpha value is -1.23. The molecule has 0 aliphatic rings. The highest BCUT2D eigenvalue weighted by molar-refractivity contribution is 6.17. The minimum absolute atomic E-state index is 0.128. The molecule has 88 valence electrons. The minimum atomic E-state index is -2.71. The maximum Gasteiger partial charge on any atom is 0.339 e. The largest absolute Gasteiger partial charge is 0.465 e. The van der Waals surface area contributed by atoms with Gasteiger partial charge in [0.25, 0.3) is 6.43 Å². The lowest BCUT2D eigenvalue weighted by atomic mass is 10.1. The summed E-state index contributed by atoms with van der Waals surface area (Å²) in [4.78, 5) is 15.0. The van der Waals surface area contributed by atoms with E-state index in [9.17, 15) is 13.6 Å². The first-order valence-corrected chi connectivity index (χ1v) is 4.97. The zero-order chi connectivity index (χ0) is 12.3. The van der Waals surface area contributed by atoms with Crippen LogP contribution in [0.1, 0.15) is 33.7 Å². The first-order valence-electron chi connectivity index (χ1n) is 4.44. The van der Waals surface area contributed by atoms with E-state index in [1.807, 2.05) is 0 Å². The summed E-state index contributed by atoms with van der Waals surface area (Å²) >= 11 is 5.52. The fourth-order valence-electron chi connectivity index (χ4n) is 1.28. The second-order valence-corrected chi connectivity index (χ2v) is 3.36. The third-order valence-corrected chi connectivity index (χ3v) is 2.37. The predicted octanol–water partition coefficient (Wildman–Crippen LogP) is 2.85. The molecule has 0 fully saturated rings. The van der Waals surface area contributed by atoms with Gasteiger partial charge in [-0.25, -0.2) is 13.6 Å². The number of ether oxygens (including phenoxy) is 1. The summed E-state index contributed by atoms with van der Waals surface area (Å²) in [5.74, 6) is -0.742. The Labute approximate surface area is 96.4 Å². The van der Waals surface area contributed by atoms with Crippen molar-refractivity contribution >= 4 is 17.6 Å². The molecule has 0 bridgehead atoms. The number of aryl methyl sites for hydroxylation is 1. The zero-order valence-corrected chi connectivity index (χ0v) is 9.52. The van der Waals surface area contributed by atoms with Crippen LogP contribution in [0.5, 0.6) is 0 Å². The van der Waals surface area contributed by atoms with E-state index in [2.05, 4.69) is 9.72 Å². The highest BCUT2D eigenvalue weighted by atomic mass is 35.5. The molecule has 0 saturated heterocycles. The number of methoxy groups -OCH3 is 1. The Morgan fingerprint density at radius 1 is 1.62 bits per heavy atom. The van der Waals surface area contributed by atoms with Gasteiger partial charge in [-0.3, -0.25) is 4.98 Å². The molecule has 0 amide bonds. The second kappa shape index (κ2) is 5.21. The summed E-state index contributed by atoms with van der Waals surface area (Å²) in [6.07, 6.45) is -2.71. The molecule has 0 spiro atoms. The smallest absolute Gasteiger partial charge is 0.339 e. The van der Waals surface area contributed by atoms with E-state index in [4.69, 9.17) is 11.6 Å². The molecule has 1 heterocycles. The van der Waals surface area contributed by atoms with Crippen molar-refractivity contribution in [3.8, 4) is 0 Å². The Kier molecular flexibility index (Phi) is 4.18. The number of carbonyl (C=O) groups is 1. The van der Waals surface area contributed by atoms with Crippen LogP contribution >= 0.6 is 11.6 Å². The number of halogens is 3. The molecule has 0 aliphatic heterocycles. The molecule has 1 aromatic heterocycles. The summed E-state index contributed by atoms with van der Waals surface area (Å²) < 4.78 is 29.7. The van der Waals surface area contributed by atoms with Crippen LogP contribution in [0.3, 0.4) is 0 Å². The lowest BCUT2D eigenvalue weighted by Crippen LogP contribution is -2.09. The van der Waals surface area contributed by atoms with Gasteiger partial charge < -0.3 is 4.74 Å². The van der Waals surface area contributed by atoms with Crippen molar-refractivity contribution < 1.29 is 18.3 Å². The highest BCUT2D eigenvalue weighted by Gasteiger charge is 2.19. The van der Waals surface area contributed by atoms with E-state index in [1.165, 1.54) is 20.1 Å². The maximum atomic E-state index is 12.6. The number of esters is 1. The van der Waals surface area contributed by atoms with Crippen LogP contribution in [0.25, 0.3) is 0 Å². The van der Waals surface area contributed by atoms with Gasteiger partial charge in [-0.15, -0.1) is 11.6 Å². The van der Waals surface area contributed by atoms with Crippen molar-refractivity contribution in [1.82, 2.24) is 4.98 Å². The van der Waals surface area contributed by atoms with Crippen molar-refractivity contribution in [2.75, 3.05) is 7.11 Å². The Morgan fingerprint density at radius 3 is 2.69 bits per heavy atom. The Balaban J connectivity index is 3.31. The van der Waals surface area contributed by atoms with Gasteiger partial charge in [-0.05, 0) is 18.6 Å². The average molecular weight is 250 g/mol. The molecule has 0 atom stereocenters. The quantitative estimate of drug-likeness (QED) is 0.611. The van der Waals surface area contributed by atoms with E-state index in [1.54, 1.807) is 0 Å². The number of carbonyl (C=O) groups excluding carboxylic acids is 1. The van der Waals surface area contributed by atoms with Crippen molar-refractivity contribution in [3.05, 3.63) is 28.6 Å². The van der Waals surface area contributed by atoms with Gasteiger partial charge in [-0.1, -0.05) is 0 Å². The van der Waals surface area contributed by atoms with E-state index >= 15 is 0 Å². The molecule has 0 radical (unpaired) electrons. The molecule has 6 heteroatoms. The lowest BCUT2D eigenvalue weighted by Gasteiger charge is -2.10. The number of aromatic nitrogens is 1. The first kappa shape index (κ1) is 12.8. The van der Waals surface area contributed by atoms with E-state index in [-0.39, 0.29) is 28.4 Å². The fourth-order valence-corrected chi connectivity index (χ4v) is 1.49. The lowest BCUT2D eigenvalue weighted by molar-refractivity contribution is 0.0598. The van der Waals surface area contributed by atoms with Gasteiger partial charge in [0.1, 0.15) is 5.69 Å². The summed E-state index contributed by atoms with van der Waals surface area (Å²) in [7, 11) is 1.21. The Morgan fingerprint density at radius 2 is 2.25 bits per heavy atom. The third kappa shape index (κ3) is 2.47. The van der Waals surface area contributed by atoms with Gasteiger partial charge in [0, 0.05) is 5.88 Å². The van der Waals surface area contributed by atoms with E-state index in [0.717, 1.165) is 0 Å². The molecule has 16 heavy (non-hydrogen) atoms. The topological polar surface area (TPSA) is 39.2 Å². The second-order valence-electron chi connectivity index (χ2n) is 3.09. The first-order chi connectivity index (χ1) is 7.51. The van der Waals surface area contributed by atoms with Crippen LogP contribution in [0.4, 0.5) is 8.78 Å². The van der Waals surface area contributed by atoms with Crippen LogP contribution in [0.2, 0.25) is 0 Å². The van der Waals surface area contributed by atoms with Crippen LogP contribution < -0.4 is 0 Å². The van der Waals surface area contributed by atoms with Crippen molar-refractivity contribution in [1.29, 1.82) is 0 Å². The van der Waals surface area contributed by atoms with Crippen molar-refractivity contribution in [2.45, 2.75) is 19.2 Å². The number of hydrogen-bond acceptors (Lipinski definition) is 3. The van der Waals surface area contributed by atoms with Gasteiger partial charge in [0.15, 0.2) is 0 Å². The van der Waals surface area contributed by atoms with E-state index < -0.39 is 12.4 Å². The zero-order valence-electron chi connectivity index (χ0n) is 8.76. The Bertz CT molecular complexity index is 410. The van der Waals surface area contributed by atoms with Crippen LogP contribution in [0.15, 0.2) is 6.07 Å². The van der Waals surface area contributed by atoms with E-state index in [0.29, 0.717) is 0 Å². The minimum Gasteiger partial charge on any atom is -0.465 e. The molecule has 0 saturated carbocycles. The number of rotatable bonds is 3. The molecular formula is C10H10ClF2NO2. The summed E-state index contributed by atoms with van der Waals surface area (Å²) in [6.45, 7) is 1.47. The maximum absolute atomic E-state index is 12.6. The molecule has 0 unspecified atom stereocenters. The van der Waals surface area contributed by atoms with Crippen LogP contribution in [0, 0.1) is 6.92 Å². The van der Waals surface area contributed by atoms with Gasteiger partial charge in [-0.2, -0.15) is 0 Å². The monoisotopic (exact) mass is 249 g/mol. The number of alkyl halides is 3. The molecule has 3 nitrogen and oxygen atoms in total. The fraction of sp³-hybridized carbons (Fsp3) is 0.400. The predicted molar refractivity (Wildman–Crippen MR) is 54.8 cm³/mol. The van der Waals surface area contributed by atoms with Crippen molar-refractivity contribution in [3.63, 3.8) is 0 Å². The normalized spacial score (nSPS) is 10.6. The van der Waals surface area contributed by atoms with Gasteiger partial charge in [0.2, 0.25) is 0 Å². The molecule has 1 rings (SSSR count). The average Bonchev–Trinajstić information content (AvgIpc) is 2.27. The van der Waals surface area contributed by atoms with Crippen molar-refractivity contribution in [2.24, 2.45) is 0 Å². The summed E-state index contributed by atoms with van der Waals surface area (Å²) in [5.41, 5.74) is 0.112. The van der Waals surface area contributed by atoms with Crippen LogP contribution in [-0.2, 0) is 10.6 Å². The molecule has 1 aromatic rings. The SMILES string of the molecule is COC(=O)c1cc(CCl)c(C(F)F)nc1C. The highest BCUT2D eigenvalue weighted by Crippen LogP contribution is 2.24. The van der Waals surface area contributed by atoms with Crippen LogP contribution in [-0.4, -0.2) is 18.1 Å². The standard InChI is InChI=1S/C10H10ClF2NO2/c1-5-7(10(15)16-2)3-6(4-11)8(14-5)9(12)13/h3,9H,4H2,1-2H3. The van der Waals surface area contributed by atoms with Gasteiger partial charge >= 0.3 is 5.97 Å².